The maximum atomic E-state index is 6.16. The van der Waals surface area contributed by atoms with Gasteiger partial charge in [-0.3, -0.25) is 0 Å². The minimum atomic E-state index is 0.470. The van der Waals surface area contributed by atoms with E-state index in [0.717, 1.165) is 33.0 Å². The number of halogens is 1. The third-order valence-corrected chi connectivity index (χ3v) is 3.42. The quantitative estimate of drug-likeness (QED) is 0.913. The van der Waals surface area contributed by atoms with Gasteiger partial charge in [-0.05, 0) is 47.4 Å². The second-order valence-corrected chi connectivity index (χ2v) is 4.60. The average molecular weight is 262 g/mol. The van der Waals surface area contributed by atoms with Crippen molar-refractivity contribution < 1.29 is 4.74 Å². The van der Waals surface area contributed by atoms with Crippen LogP contribution < -0.4 is 10.5 Å². The smallest absolute Gasteiger partial charge is 0.119 e. The minimum absolute atomic E-state index is 0.470. The van der Waals surface area contributed by atoms with Crippen molar-refractivity contribution in [2.75, 3.05) is 7.11 Å². The van der Waals surface area contributed by atoms with Gasteiger partial charge in [-0.2, -0.15) is 0 Å². The second-order valence-electron chi connectivity index (χ2n) is 4.19. The molecule has 3 heteroatoms. The lowest BCUT2D eigenvalue weighted by atomic mass is 9.98. The standard InChI is InChI=1S/C15H16ClNO/c1-10-3-4-11(8-15(10)16)14-6-5-13(18-2)7-12(14)9-17/h3-8H,9,17H2,1-2H3. The summed E-state index contributed by atoms with van der Waals surface area (Å²) in [5.41, 5.74) is 10.1. The van der Waals surface area contributed by atoms with Crippen LogP contribution in [0.4, 0.5) is 0 Å². The molecule has 0 aliphatic heterocycles. The first-order valence-electron chi connectivity index (χ1n) is 5.79. The number of hydrogen-bond acceptors (Lipinski definition) is 2. The van der Waals surface area contributed by atoms with Crippen molar-refractivity contribution in [3.63, 3.8) is 0 Å². The van der Waals surface area contributed by atoms with Crippen molar-refractivity contribution in [1.29, 1.82) is 0 Å². The highest BCUT2D eigenvalue weighted by atomic mass is 35.5. The monoisotopic (exact) mass is 261 g/mol. The first-order chi connectivity index (χ1) is 8.65. The molecule has 2 aromatic rings. The summed E-state index contributed by atoms with van der Waals surface area (Å²) in [5, 5.41) is 0.770. The molecule has 0 bridgehead atoms. The first-order valence-corrected chi connectivity index (χ1v) is 6.17. The fourth-order valence-corrected chi connectivity index (χ4v) is 2.09. The van der Waals surface area contributed by atoms with Crippen LogP contribution in [0.3, 0.4) is 0 Å². The molecule has 0 aromatic heterocycles. The van der Waals surface area contributed by atoms with Crippen LogP contribution in [0.1, 0.15) is 11.1 Å². The van der Waals surface area contributed by atoms with Gasteiger partial charge in [-0.1, -0.05) is 29.8 Å². The number of hydrogen-bond donors (Lipinski definition) is 1. The summed E-state index contributed by atoms with van der Waals surface area (Å²) in [6.45, 7) is 2.46. The predicted molar refractivity (Wildman–Crippen MR) is 76.1 cm³/mol. The zero-order valence-corrected chi connectivity index (χ0v) is 11.3. The highest BCUT2D eigenvalue weighted by Gasteiger charge is 2.07. The highest BCUT2D eigenvalue weighted by Crippen LogP contribution is 2.30. The van der Waals surface area contributed by atoms with E-state index in [1.807, 2.05) is 37.3 Å². The lowest BCUT2D eigenvalue weighted by Gasteiger charge is -2.11. The van der Waals surface area contributed by atoms with Crippen LogP contribution in [0.5, 0.6) is 5.75 Å². The van der Waals surface area contributed by atoms with E-state index in [4.69, 9.17) is 22.1 Å². The van der Waals surface area contributed by atoms with Crippen LogP contribution >= 0.6 is 11.6 Å². The summed E-state index contributed by atoms with van der Waals surface area (Å²) in [6.07, 6.45) is 0. The van der Waals surface area contributed by atoms with Crippen LogP contribution in [0, 0.1) is 6.92 Å². The van der Waals surface area contributed by atoms with Crippen LogP contribution in [0.2, 0.25) is 5.02 Å². The molecule has 0 atom stereocenters. The molecular weight excluding hydrogens is 246 g/mol. The Hall–Kier alpha value is -1.51. The fourth-order valence-electron chi connectivity index (χ4n) is 1.91. The van der Waals surface area contributed by atoms with E-state index >= 15 is 0 Å². The molecule has 94 valence electrons. The van der Waals surface area contributed by atoms with Crippen molar-refractivity contribution >= 4 is 11.6 Å². The van der Waals surface area contributed by atoms with Gasteiger partial charge in [-0.25, -0.2) is 0 Å². The second kappa shape index (κ2) is 5.42. The number of rotatable bonds is 3. The number of ether oxygens (including phenoxy) is 1. The van der Waals surface area contributed by atoms with Gasteiger partial charge in [0.25, 0.3) is 0 Å². The highest BCUT2D eigenvalue weighted by molar-refractivity contribution is 6.31. The Balaban J connectivity index is 2.52. The van der Waals surface area contributed by atoms with Gasteiger partial charge < -0.3 is 10.5 Å². The predicted octanol–water partition coefficient (Wildman–Crippen LogP) is 3.78. The Bertz CT molecular complexity index is 566. The third-order valence-electron chi connectivity index (χ3n) is 3.02. The molecule has 18 heavy (non-hydrogen) atoms. The van der Waals surface area contributed by atoms with Gasteiger partial charge in [0.15, 0.2) is 0 Å². The summed E-state index contributed by atoms with van der Waals surface area (Å²) in [4.78, 5) is 0. The van der Waals surface area contributed by atoms with Crippen molar-refractivity contribution in [3.8, 4) is 16.9 Å². The maximum absolute atomic E-state index is 6.16. The van der Waals surface area contributed by atoms with Crippen molar-refractivity contribution in [2.24, 2.45) is 5.73 Å². The van der Waals surface area contributed by atoms with E-state index in [1.165, 1.54) is 0 Å². The molecule has 0 radical (unpaired) electrons. The van der Waals surface area contributed by atoms with Gasteiger partial charge in [0.05, 0.1) is 7.11 Å². The van der Waals surface area contributed by atoms with Crippen LogP contribution in [0.25, 0.3) is 11.1 Å². The molecule has 2 aromatic carbocycles. The largest absolute Gasteiger partial charge is 0.497 e. The molecule has 0 unspecified atom stereocenters. The number of aryl methyl sites for hydroxylation is 1. The number of methoxy groups -OCH3 is 1. The van der Waals surface area contributed by atoms with Gasteiger partial charge in [0.1, 0.15) is 5.75 Å². The molecule has 0 fully saturated rings. The Morgan fingerprint density at radius 3 is 2.56 bits per heavy atom. The van der Waals surface area contributed by atoms with Crippen LogP contribution in [0.15, 0.2) is 36.4 Å². The molecule has 0 aliphatic carbocycles. The topological polar surface area (TPSA) is 35.2 Å². The Morgan fingerprint density at radius 2 is 1.94 bits per heavy atom. The van der Waals surface area contributed by atoms with E-state index < -0.39 is 0 Å². The first kappa shape index (κ1) is 12.9. The average Bonchev–Trinajstić information content (AvgIpc) is 2.41. The zero-order valence-electron chi connectivity index (χ0n) is 10.5. The van der Waals surface area contributed by atoms with E-state index in [1.54, 1.807) is 7.11 Å². The Kier molecular flexibility index (Phi) is 3.90. The summed E-state index contributed by atoms with van der Waals surface area (Å²) in [5.74, 6) is 0.817. The molecule has 2 rings (SSSR count). The SMILES string of the molecule is COc1ccc(-c2ccc(C)c(Cl)c2)c(CN)c1. The molecule has 0 saturated heterocycles. The summed E-state index contributed by atoms with van der Waals surface area (Å²) >= 11 is 6.16. The maximum Gasteiger partial charge on any atom is 0.119 e. The molecular formula is C15H16ClNO. The Morgan fingerprint density at radius 1 is 1.17 bits per heavy atom. The van der Waals surface area contributed by atoms with E-state index in [2.05, 4.69) is 6.07 Å². The zero-order chi connectivity index (χ0) is 13.1. The molecule has 0 saturated carbocycles. The summed E-state index contributed by atoms with van der Waals surface area (Å²) in [6, 6.07) is 12.0. The minimum Gasteiger partial charge on any atom is -0.497 e. The van der Waals surface area contributed by atoms with E-state index in [0.29, 0.717) is 6.54 Å². The summed E-state index contributed by atoms with van der Waals surface area (Å²) < 4.78 is 5.21. The van der Waals surface area contributed by atoms with Gasteiger partial charge in [0, 0.05) is 11.6 Å². The third kappa shape index (κ3) is 2.50. The van der Waals surface area contributed by atoms with E-state index in [-0.39, 0.29) is 0 Å². The molecule has 2 N–H and O–H groups in total. The molecule has 0 spiro atoms. The van der Waals surface area contributed by atoms with Gasteiger partial charge in [-0.15, -0.1) is 0 Å². The number of nitrogens with two attached hydrogens (primary N) is 1. The normalized spacial score (nSPS) is 10.4. The van der Waals surface area contributed by atoms with Crippen LogP contribution in [-0.2, 0) is 6.54 Å². The van der Waals surface area contributed by atoms with Crippen molar-refractivity contribution in [1.82, 2.24) is 0 Å². The lowest BCUT2D eigenvalue weighted by molar-refractivity contribution is 0.414. The molecule has 0 aliphatic rings. The Labute approximate surface area is 112 Å². The van der Waals surface area contributed by atoms with Crippen molar-refractivity contribution in [3.05, 3.63) is 52.5 Å². The summed E-state index contributed by atoms with van der Waals surface area (Å²) in [7, 11) is 1.65. The molecule has 2 nitrogen and oxygen atoms in total. The number of benzene rings is 2. The lowest BCUT2D eigenvalue weighted by Crippen LogP contribution is -2.00. The van der Waals surface area contributed by atoms with Gasteiger partial charge in [0.2, 0.25) is 0 Å². The molecule has 0 amide bonds. The van der Waals surface area contributed by atoms with E-state index in [9.17, 15) is 0 Å². The van der Waals surface area contributed by atoms with Crippen molar-refractivity contribution in [2.45, 2.75) is 13.5 Å². The van der Waals surface area contributed by atoms with Gasteiger partial charge >= 0.3 is 0 Å². The van der Waals surface area contributed by atoms with Crippen LogP contribution in [-0.4, -0.2) is 7.11 Å². The fraction of sp³-hybridized carbons (Fsp3) is 0.200. The molecule has 0 heterocycles.